The van der Waals surface area contributed by atoms with Crippen molar-refractivity contribution < 1.29 is 13.5 Å². The van der Waals surface area contributed by atoms with Gasteiger partial charge in [0.1, 0.15) is 5.75 Å². The average Bonchev–Trinajstić information content (AvgIpc) is 2.08. The summed E-state index contributed by atoms with van der Waals surface area (Å²) in [5, 5.41) is 3.04. The zero-order chi connectivity index (χ0) is 9.68. The van der Waals surface area contributed by atoms with Gasteiger partial charge in [-0.25, -0.2) is 0 Å². The van der Waals surface area contributed by atoms with Gasteiger partial charge in [0.25, 0.3) is 0 Å². The van der Waals surface area contributed by atoms with Crippen LogP contribution in [0.15, 0.2) is 24.3 Å². The summed E-state index contributed by atoms with van der Waals surface area (Å²) in [7, 11) is 0. The Balaban J connectivity index is 2.59. The quantitative estimate of drug-likeness (QED) is 0.782. The Morgan fingerprint density at radius 1 is 1.31 bits per heavy atom. The molecule has 1 rings (SSSR count). The number of benzene rings is 1. The van der Waals surface area contributed by atoms with E-state index in [9.17, 15) is 8.78 Å². The first-order chi connectivity index (χ1) is 6.22. The van der Waals surface area contributed by atoms with Crippen LogP contribution in [0.25, 0.3) is 0 Å². The van der Waals surface area contributed by atoms with Gasteiger partial charge in [0, 0.05) is 12.2 Å². The van der Waals surface area contributed by atoms with E-state index in [-0.39, 0.29) is 5.75 Å². The van der Waals surface area contributed by atoms with E-state index >= 15 is 0 Å². The predicted octanol–water partition coefficient (Wildman–Crippen LogP) is 2.72. The smallest absolute Gasteiger partial charge is 0.387 e. The highest BCUT2D eigenvalue weighted by atomic mass is 19.3. The Bertz CT molecular complexity index is 248. The molecule has 0 saturated heterocycles. The van der Waals surface area contributed by atoms with Gasteiger partial charge in [0.15, 0.2) is 0 Å². The molecule has 0 aliphatic heterocycles. The number of anilines is 1. The molecule has 0 aromatic heterocycles. The van der Waals surface area contributed by atoms with Gasteiger partial charge < -0.3 is 10.1 Å². The summed E-state index contributed by atoms with van der Waals surface area (Å²) in [5.74, 6) is 0.177. The van der Waals surface area contributed by atoms with E-state index in [4.69, 9.17) is 0 Å². The molecule has 0 aliphatic carbocycles. The van der Waals surface area contributed by atoms with Gasteiger partial charge in [-0.2, -0.15) is 8.78 Å². The summed E-state index contributed by atoms with van der Waals surface area (Å²) in [6, 6.07) is 6.40. The lowest BCUT2D eigenvalue weighted by molar-refractivity contribution is -0.0498. The van der Waals surface area contributed by atoms with Crippen molar-refractivity contribution in [3.63, 3.8) is 0 Å². The molecule has 13 heavy (non-hydrogen) atoms. The normalized spacial score (nSPS) is 10.2. The van der Waals surface area contributed by atoms with Crippen molar-refractivity contribution in [2.45, 2.75) is 13.5 Å². The highest BCUT2D eigenvalue weighted by Gasteiger charge is 2.02. The number of hydrogen-bond donors (Lipinski definition) is 1. The predicted molar refractivity (Wildman–Crippen MR) is 47.2 cm³/mol. The molecular formula is C9H11F2NO. The topological polar surface area (TPSA) is 21.3 Å². The Morgan fingerprint density at radius 2 is 1.92 bits per heavy atom. The fourth-order valence-electron chi connectivity index (χ4n) is 0.958. The molecule has 2 nitrogen and oxygen atoms in total. The first kappa shape index (κ1) is 9.77. The van der Waals surface area contributed by atoms with Crippen LogP contribution >= 0.6 is 0 Å². The van der Waals surface area contributed by atoms with Crippen molar-refractivity contribution in [2.75, 3.05) is 11.9 Å². The fourth-order valence-corrected chi connectivity index (χ4v) is 0.958. The molecule has 72 valence electrons. The summed E-state index contributed by atoms with van der Waals surface area (Å²) in [5.41, 5.74) is 0.893. The van der Waals surface area contributed by atoms with Crippen LogP contribution in [0.3, 0.4) is 0 Å². The lowest BCUT2D eigenvalue weighted by Crippen LogP contribution is -2.02. The largest absolute Gasteiger partial charge is 0.435 e. The second kappa shape index (κ2) is 4.64. The molecule has 0 bridgehead atoms. The van der Waals surface area contributed by atoms with E-state index in [0.29, 0.717) is 0 Å². The third kappa shape index (κ3) is 3.27. The minimum Gasteiger partial charge on any atom is -0.435 e. The summed E-state index contributed by atoms with van der Waals surface area (Å²) in [6.45, 7) is 0.00325. The van der Waals surface area contributed by atoms with Crippen LogP contribution in [0.2, 0.25) is 0 Å². The molecule has 0 amide bonds. The van der Waals surface area contributed by atoms with Crippen LogP contribution in [0.4, 0.5) is 14.5 Å². The van der Waals surface area contributed by atoms with Crippen LogP contribution in [0, 0.1) is 0 Å². The summed E-state index contributed by atoms with van der Waals surface area (Å²) in [4.78, 5) is 0. The second-order valence-electron chi connectivity index (χ2n) is 2.43. The van der Waals surface area contributed by atoms with E-state index in [1.165, 1.54) is 12.1 Å². The summed E-state index contributed by atoms with van der Waals surface area (Å²) < 4.78 is 27.6. The van der Waals surface area contributed by atoms with Crippen LogP contribution < -0.4 is 10.1 Å². The third-order valence-electron chi connectivity index (χ3n) is 1.46. The molecule has 0 heterocycles. The Morgan fingerprint density at radius 3 is 2.38 bits per heavy atom. The molecule has 0 radical (unpaired) electrons. The van der Waals surface area contributed by atoms with Gasteiger partial charge in [0.05, 0.1) is 0 Å². The minimum atomic E-state index is -2.76. The highest BCUT2D eigenvalue weighted by molar-refractivity contribution is 5.46. The second-order valence-corrected chi connectivity index (χ2v) is 2.43. The van der Waals surface area contributed by atoms with Gasteiger partial charge in [-0.15, -0.1) is 0 Å². The SMILES string of the molecule is CCNc1ccc(OC(F)F)cc1. The number of halogens is 2. The van der Waals surface area contributed by atoms with Crippen molar-refractivity contribution in [1.29, 1.82) is 0 Å². The number of nitrogens with one attached hydrogen (secondary N) is 1. The molecule has 1 aromatic carbocycles. The molecule has 0 atom stereocenters. The van der Waals surface area contributed by atoms with E-state index in [1.54, 1.807) is 12.1 Å². The van der Waals surface area contributed by atoms with Crippen molar-refractivity contribution in [3.8, 4) is 5.75 Å². The van der Waals surface area contributed by atoms with Crippen LogP contribution in [-0.2, 0) is 0 Å². The Labute approximate surface area is 75.5 Å². The van der Waals surface area contributed by atoms with Crippen LogP contribution in [0.1, 0.15) is 6.92 Å². The Hall–Kier alpha value is -1.32. The van der Waals surface area contributed by atoms with Gasteiger partial charge in [-0.05, 0) is 31.2 Å². The zero-order valence-corrected chi connectivity index (χ0v) is 7.26. The monoisotopic (exact) mass is 187 g/mol. The molecule has 1 N–H and O–H groups in total. The molecule has 0 unspecified atom stereocenters. The molecule has 0 fully saturated rings. The van der Waals surface area contributed by atoms with E-state index < -0.39 is 6.61 Å². The van der Waals surface area contributed by atoms with Gasteiger partial charge in [-0.1, -0.05) is 0 Å². The summed E-state index contributed by atoms with van der Waals surface area (Å²) >= 11 is 0. The zero-order valence-electron chi connectivity index (χ0n) is 7.26. The highest BCUT2D eigenvalue weighted by Crippen LogP contribution is 2.17. The molecule has 1 aromatic rings. The van der Waals surface area contributed by atoms with Gasteiger partial charge in [-0.3, -0.25) is 0 Å². The summed E-state index contributed by atoms with van der Waals surface area (Å²) in [6.07, 6.45) is 0. The number of hydrogen-bond acceptors (Lipinski definition) is 2. The lowest BCUT2D eigenvalue weighted by Gasteiger charge is -2.06. The molecular weight excluding hydrogens is 176 g/mol. The van der Waals surface area contributed by atoms with Crippen LogP contribution in [0.5, 0.6) is 5.75 Å². The van der Waals surface area contributed by atoms with Crippen molar-refractivity contribution in [1.82, 2.24) is 0 Å². The maximum Gasteiger partial charge on any atom is 0.387 e. The number of alkyl halides is 2. The maximum absolute atomic E-state index is 11.7. The molecule has 0 saturated carbocycles. The van der Waals surface area contributed by atoms with Gasteiger partial charge >= 0.3 is 6.61 Å². The first-order valence-electron chi connectivity index (χ1n) is 4.01. The van der Waals surface area contributed by atoms with E-state index in [0.717, 1.165) is 12.2 Å². The number of ether oxygens (including phenoxy) is 1. The average molecular weight is 187 g/mol. The van der Waals surface area contributed by atoms with Gasteiger partial charge in [0.2, 0.25) is 0 Å². The van der Waals surface area contributed by atoms with Crippen molar-refractivity contribution in [2.24, 2.45) is 0 Å². The van der Waals surface area contributed by atoms with E-state index in [1.807, 2.05) is 6.92 Å². The lowest BCUT2D eigenvalue weighted by atomic mass is 10.3. The van der Waals surface area contributed by atoms with Crippen LogP contribution in [-0.4, -0.2) is 13.2 Å². The molecule has 4 heteroatoms. The minimum absolute atomic E-state index is 0.177. The van der Waals surface area contributed by atoms with Crippen molar-refractivity contribution >= 4 is 5.69 Å². The fraction of sp³-hybridized carbons (Fsp3) is 0.333. The van der Waals surface area contributed by atoms with E-state index in [2.05, 4.69) is 10.1 Å². The Kier molecular flexibility index (Phi) is 3.49. The molecule has 0 aliphatic rings. The first-order valence-corrected chi connectivity index (χ1v) is 4.01. The number of rotatable bonds is 4. The third-order valence-corrected chi connectivity index (χ3v) is 1.46. The standard InChI is InChI=1S/C9H11F2NO/c1-2-12-7-3-5-8(6-4-7)13-9(10)11/h3-6,9,12H,2H2,1H3. The maximum atomic E-state index is 11.7. The van der Waals surface area contributed by atoms with Crippen molar-refractivity contribution in [3.05, 3.63) is 24.3 Å². The molecule has 0 spiro atoms.